The standard InChI is InChI=1S/C19H19F3N2O3S2/c1-11(14-7-5-4-6-8-14)10-23-29(25,26)18-13(3)28-12(2)17(18)15-9-16(27-24-15)19(20,21)22/h4-9,11,23H,10H2,1-3H3/t11-/m1/s1. The zero-order valence-corrected chi connectivity index (χ0v) is 17.5. The Morgan fingerprint density at radius 1 is 1.17 bits per heavy atom. The van der Waals surface area contributed by atoms with Crippen molar-refractivity contribution in [2.75, 3.05) is 6.54 Å². The maximum Gasteiger partial charge on any atom is 0.452 e. The molecule has 0 aliphatic carbocycles. The first-order valence-electron chi connectivity index (χ1n) is 8.69. The number of hydrogen-bond acceptors (Lipinski definition) is 5. The fourth-order valence-corrected chi connectivity index (χ4v) is 6.02. The van der Waals surface area contributed by atoms with E-state index in [4.69, 9.17) is 0 Å². The molecule has 1 aromatic carbocycles. The highest BCUT2D eigenvalue weighted by molar-refractivity contribution is 7.89. The van der Waals surface area contributed by atoms with E-state index in [1.54, 1.807) is 13.8 Å². The quantitative estimate of drug-likeness (QED) is 0.573. The molecule has 29 heavy (non-hydrogen) atoms. The number of nitrogens with one attached hydrogen (secondary N) is 1. The maximum atomic E-state index is 13.0. The molecule has 0 aliphatic heterocycles. The van der Waals surface area contributed by atoms with Crippen molar-refractivity contribution in [2.24, 2.45) is 0 Å². The molecule has 3 rings (SSSR count). The molecule has 0 fully saturated rings. The van der Waals surface area contributed by atoms with Gasteiger partial charge in [-0.15, -0.1) is 11.3 Å². The van der Waals surface area contributed by atoms with E-state index in [-0.39, 0.29) is 28.6 Å². The molecule has 0 amide bonds. The minimum Gasteiger partial charge on any atom is -0.351 e. The third kappa shape index (κ3) is 4.54. The number of alkyl halides is 3. The van der Waals surface area contributed by atoms with Gasteiger partial charge in [0.25, 0.3) is 0 Å². The van der Waals surface area contributed by atoms with Crippen molar-refractivity contribution in [1.29, 1.82) is 0 Å². The summed E-state index contributed by atoms with van der Waals surface area (Å²) >= 11 is 1.18. The minimum absolute atomic E-state index is 0.0673. The van der Waals surface area contributed by atoms with Crippen molar-refractivity contribution < 1.29 is 26.1 Å². The lowest BCUT2D eigenvalue weighted by atomic mass is 10.0. The SMILES string of the molecule is Cc1sc(C)c(S(=O)(=O)NC[C@@H](C)c2ccccc2)c1-c1cc(C(F)(F)F)on1. The normalized spacial score (nSPS) is 13.6. The summed E-state index contributed by atoms with van der Waals surface area (Å²) in [6, 6.07) is 10.1. The van der Waals surface area contributed by atoms with Gasteiger partial charge in [0.05, 0.1) is 0 Å². The van der Waals surface area contributed by atoms with Gasteiger partial charge < -0.3 is 4.52 Å². The van der Waals surface area contributed by atoms with E-state index in [9.17, 15) is 21.6 Å². The molecule has 10 heteroatoms. The van der Waals surface area contributed by atoms with Crippen LogP contribution < -0.4 is 4.72 Å². The van der Waals surface area contributed by atoms with Gasteiger partial charge in [-0.25, -0.2) is 13.1 Å². The summed E-state index contributed by atoms with van der Waals surface area (Å²) in [5.74, 6) is -1.36. The highest BCUT2D eigenvalue weighted by atomic mass is 32.2. The molecular formula is C19H19F3N2O3S2. The second-order valence-electron chi connectivity index (χ2n) is 6.66. The monoisotopic (exact) mass is 444 g/mol. The smallest absolute Gasteiger partial charge is 0.351 e. The van der Waals surface area contributed by atoms with Crippen LogP contribution >= 0.6 is 11.3 Å². The summed E-state index contributed by atoms with van der Waals surface area (Å²) in [5.41, 5.74) is 0.947. The number of aromatic nitrogens is 1. The molecule has 1 atom stereocenters. The number of halogens is 3. The van der Waals surface area contributed by atoms with Crippen LogP contribution in [0.4, 0.5) is 13.2 Å². The first-order chi connectivity index (χ1) is 13.5. The average molecular weight is 445 g/mol. The number of hydrogen-bond donors (Lipinski definition) is 1. The number of rotatable bonds is 6. The van der Waals surface area contributed by atoms with Gasteiger partial charge >= 0.3 is 6.18 Å². The Hall–Kier alpha value is -2.17. The van der Waals surface area contributed by atoms with Crippen molar-refractivity contribution in [3.63, 3.8) is 0 Å². The Labute approximate surface area is 170 Å². The van der Waals surface area contributed by atoms with Crippen LogP contribution in [-0.2, 0) is 16.2 Å². The summed E-state index contributed by atoms with van der Waals surface area (Å²) in [4.78, 5) is 0.942. The third-order valence-electron chi connectivity index (χ3n) is 4.47. The Morgan fingerprint density at radius 2 is 1.83 bits per heavy atom. The van der Waals surface area contributed by atoms with Crippen molar-refractivity contribution in [2.45, 2.75) is 37.8 Å². The predicted molar refractivity (Wildman–Crippen MR) is 104 cm³/mol. The summed E-state index contributed by atoms with van der Waals surface area (Å²) < 4.78 is 71.6. The average Bonchev–Trinajstić information content (AvgIpc) is 3.24. The molecule has 0 unspecified atom stereocenters. The summed E-state index contributed by atoms with van der Waals surface area (Å²) in [6.45, 7) is 5.28. The van der Waals surface area contributed by atoms with Gasteiger partial charge in [0.2, 0.25) is 15.8 Å². The van der Waals surface area contributed by atoms with Crippen LogP contribution in [-0.4, -0.2) is 20.1 Å². The van der Waals surface area contributed by atoms with Crippen molar-refractivity contribution >= 4 is 21.4 Å². The number of benzene rings is 1. The topological polar surface area (TPSA) is 72.2 Å². The van der Waals surface area contributed by atoms with Gasteiger partial charge in [-0.2, -0.15) is 13.2 Å². The first kappa shape index (κ1) is 21.5. The van der Waals surface area contributed by atoms with Gasteiger partial charge in [0.15, 0.2) is 0 Å². The lowest BCUT2D eigenvalue weighted by Crippen LogP contribution is -2.28. The zero-order chi connectivity index (χ0) is 21.4. The van der Waals surface area contributed by atoms with E-state index < -0.39 is 22.0 Å². The molecule has 3 aromatic rings. The Kier molecular flexibility index (Phi) is 5.88. The molecule has 156 valence electrons. The number of aryl methyl sites for hydroxylation is 2. The maximum absolute atomic E-state index is 13.0. The molecule has 2 aromatic heterocycles. The molecule has 0 spiro atoms. The highest BCUT2D eigenvalue weighted by Crippen LogP contribution is 2.40. The molecule has 2 heterocycles. The fourth-order valence-electron chi connectivity index (χ4n) is 3.02. The highest BCUT2D eigenvalue weighted by Gasteiger charge is 2.37. The second-order valence-corrected chi connectivity index (χ2v) is 9.79. The van der Waals surface area contributed by atoms with Crippen LogP contribution in [0.1, 0.15) is 33.9 Å². The van der Waals surface area contributed by atoms with E-state index in [2.05, 4.69) is 14.4 Å². The lowest BCUT2D eigenvalue weighted by molar-refractivity contribution is -0.155. The summed E-state index contributed by atoms with van der Waals surface area (Å²) in [7, 11) is -3.98. The number of nitrogens with zero attached hydrogens (tertiary/aromatic N) is 1. The largest absolute Gasteiger partial charge is 0.452 e. The molecule has 0 bridgehead atoms. The van der Waals surface area contributed by atoms with Gasteiger partial charge in [-0.3, -0.25) is 0 Å². The van der Waals surface area contributed by atoms with Gasteiger partial charge in [0.1, 0.15) is 10.6 Å². The molecule has 1 N–H and O–H groups in total. The van der Waals surface area contributed by atoms with E-state index in [1.807, 2.05) is 37.3 Å². The van der Waals surface area contributed by atoms with Crippen molar-refractivity contribution in [3.8, 4) is 11.3 Å². The Balaban J connectivity index is 1.93. The van der Waals surface area contributed by atoms with E-state index >= 15 is 0 Å². The zero-order valence-electron chi connectivity index (χ0n) is 15.9. The van der Waals surface area contributed by atoms with E-state index in [1.165, 1.54) is 11.3 Å². The van der Waals surface area contributed by atoms with Crippen LogP contribution in [0, 0.1) is 13.8 Å². The third-order valence-corrected chi connectivity index (χ3v) is 7.21. The van der Waals surface area contributed by atoms with Crippen molar-refractivity contribution in [1.82, 2.24) is 9.88 Å². The lowest BCUT2D eigenvalue weighted by Gasteiger charge is -2.14. The van der Waals surface area contributed by atoms with Crippen LogP contribution in [0.3, 0.4) is 0 Å². The van der Waals surface area contributed by atoms with E-state index in [0.29, 0.717) is 9.75 Å². The van der Waals surface area contributed by atoms with Crippen molar-refractivity contribution in [3.05, 3.63) is 57.5 Å². The van der Waals surface area contributed by atoms with Gasteiger partial charge in [-0.05, 0) is 25.3 Å². The first-order valence-corrected chi connectivity index (χ1v) is 11.0. The molecule has 0 saturated carbocycles. The minimum atomic E-state index is -4.70. The molecular weight excluding hydrogens is 425 g/mol. The number of sulfonamides is 1. The Bertz CT molecular complexity index is 1100. The fraction of sp³-hybridized carbons (Fsp3) is 0.316. The van der Waals surface area contributed by atoms with E-state index in [0.717, 1.165) is 11.6 Å². The molecule has 5 nitrogen and oxygen atoms in total. The van der Waals surface area contributed by atoms with Gasteiger partial charge in [-0.1, -0.05) is 42.4 Å². The second kappa shape index (κ2) is 7.92. The number of thiophene rings is 1. The molecule has 0 saturated heterocycles. The Morgan fingerprint density at radius 3 is 2.41 bits per heavy atom. The molecule has 0 aliphatic rings. The summed E-state index contributed by atoms with van der Waals surface area (Å²) in [5, 5.41) is 3.46. The summed E-state index contributed by atoms with van der Waals surface area (Å²) in [6.07, 6.45) is -4.70. The predicted octanol–water partition coefficient (Wildman–Crippen LogP) is 5.12. The van der Waals surface area contributed by atoms with Crippen LogP contribution in [0.25, 0.3) is 11.3 Å². The molecule has 0 radical (unpaired) electrons. The van der Waals surface area contributed by atoms with Crippen LogP contribution in [0.15, 0.2) is 45.8 Å². The van der Waals surface area contributed by atoms with Crippen LogP contribution in [0.5, 0.6) is 0 Å². The van der Waals surface area contributed by atoms with Crippen LogP contribution in [0.2, 0.25) is 0 Å². The van der Waals surface area contributed by atoms with Gasteiger partial charge in [0, 0.05) is 27.9 Å².